The Kier molecular flexibility index (Phi) is 2.88. The molecule has 0 unspecified atom stereocenters. The number of aliphatic hydroxyl groups is 1. The lowest BCUT2D eigenvalue weighted by Crippen LogP contribution is -1.88. The Morgan fingerprint density at radius 2 is 1.93 bits per heavy atom. The molecule has 0 radical (unpaired) electrons. The number of hydrogen-bond acceptors (Lipinski definition) is 2. The lowest BCUT2D eigenvalue weighted by Gasteiger charge is -2.01. The number of aliphatic hydroxyl groups excluding tert-OH is 1. The highest BCUT2D eigenvalue weighted by molar-refractivity contribution is 5.62. The number of hydrogen-bond donors (Lipinski definition) is 1. The van der Waals surface area contributed by atoms with Crippen molar-refractivity contribution in [2.75, 3.05) is 0 Å². The normalized spacial score (nSPS) is 10.5. The minimum Gasteiger partial charge on any atom is -0.464 e. The molecule has 0 fully saturated rings. The minimum atomic E-state index is 0.0412. The Hall–Kier alpha value is -1.54. The lowest BCUT2D eigenvalue weighted by atomic mass is 10.0. The molecule has 1 N–H and O–H groups in total. The minimum absolute atomic E-state index is 0.0412. The van der Waals surface area contributed by atoms with Gasteiger partial charge in [0.15, 0.2) is 0 Å². The monoisotopic (exact) mass is 202 g/mol. The molecule has 0 saturated carbocycles. The zero-order valence-corrected chi connectivity index (χ0v) is 8.73. The predicted molar refractivity (Wildman–Crippen MR) is 59.4 cm³/mol. The Labute approximate surface area is 89.2 Å². The van der Waals surface area contributed by atoms with E-state index in [9.17, 15) is 0 Å². The quantitative estimate of drug-likeness (QED) is 0.830. The van der Waals surface area contributed by atoms with Crippen LogP contribution in [0.15, 0.2) is 41.0 Å². The van der Waals surface area contributed by atoms with E-state index in [2.05, 4.69) is 6.92 Å². The van der Waals surface area contributed by atoms with Crippen LogP contribution in [-0.4, -0.2) is 5.11 Å². The van der Waals surface area contributed by atoms with Gasteiger partial charge < -0.3 is 9.52 Å². The molecule has 1 heterocycles. The van der Waals surface area contributed by atoms with Crippen molar-refractivity contribution in [2.24, 2.45) is 0 Å². The van der Waals surface area contributed by atoms with Gasteiger partial charge in [0.05, 0.1) is 12.9 Å². The summed E-state index contributed by atoms with van der Waals surface area (Å²) in [6.07, 6.45) is 2.51. The molecule has 0 bridgehead atoms. The molecule has 0 spiro atoms. The first-order chi connectivity index (χ1) is 7.36. The van der Waals surface area contributed by atoms with Crippen LogP contribution in [0.2, 0.25) is 0 Å². The average molecular weight is 202 g/mol. The smallest absolute Gasteiger partial charge is 0.137 e. The van der Waals surface area contributed by atoms with Gasteiger partial charge in [-0.05, 0) is 6.42 Å². The van der Waals surface area contributed by atoms with Crippen LogP contribution in [0.3, 0.4) is 0 Å². The van der Waals surface area contributed by atoms with Crippen molar-refractivity contribution >= 4 is 0 Å². The van der Waals surface area contributed by atoms with E-state index < -0.39 is 0 Å². The molecular weight excluding hydrogens is 188 g/mol. The van der Waals surface area contributed by atoms with Crippen molar-refractivity contribution in [1.29, 1.82) is 0 Å². The summed E-state index contributed by atoms with van der Waals surface area (Å²) in [7, 11) is 0. The molecule has 0 aliphatic heterocycles. The molecule has 0 atom stereocenters. The van der Waals surface area contributed by atoms with Gasteiger partial charge >= 0.3 is 0 Å². The highest BCUT2D eigenvalue weighted by Gasteiger charge is 2.12. The molecule has 0 amide bonds. The van der Waals surface area contributed by atoms with E-state index in [1.54, 1.807) is 6.26 Å². The van der Waals surface area contributed by atoms with Crippen molar-refractivity contribution in [3.05, 3.63) is 47.7 Å². The van der Waals surface area contributed by atoms with Crippen LogP contribution >= 0.6 is 0 Å². The molecule has 2 nitrogen and oxygen atoms in total. The summed E-state index contributed by atoms with van der Waals surface area (Å²) in [6, 6.07) is 9.97. The highest BCUT2D eigenvalue weighted by Crippen LogP contribution is 2.28. The fourth-order valence-electron chi connectivity index (χ4n) is 1.77. The molecular formula is C13H14O2. The summed E-state index contributed by atoms with van der Waals surface area (Å²) in [5.41, 5.74) is 3.05. The third-order valence-corrected chi connectivity index (χ3v) is 2.54. The van der Waals surface area contributed by atoms with Gasteiger partial charge in [-0.25, -0.2) is 0 Å². The first-order valence-electron chi connectivity index (χ1n) is 5.12. The zero-order valence-electron chi connectivity index (χ0n) is 8.73. The summed E-state index contributed by atoms with van der Waals surface area (Å²) >= 11 is 0. The topological polar surface area (TPSA) is 33.4 Å². The number of furan rings is 1. The summed E-state index contributed by atoms with van der Waals surface area (Å²) in [4.78, 5) is 0. The molecule has 1 aromatic heterocycles. The third-order valence-electron chi connectivity index (χ3n) is 2.54. The van der Waals surface area contributed by atoms with Gasteiger partial charge in [0.1, 0.15) is 5.76 Å². The maximum Gasteiger partial charge on any atom is 0.137 e. The summed E-state index contributed by atoms with van der Waals surface area (Å²) in [5.74, 6) is 0.877. The van der Waals surface area contributed by atoms with E-state index >= 15 is 0 Å². The van der Waals surface area contributed by atoms with E-state index in [0.717, 1.165) is 28.9 Å². The van der Waals surface area contributed by atoms with E-state index in [-0.39, 0.29) is 6.61 Å². The van der Waals surface area contributed by atoms with Crippen molar-refractivity contribution < 1.29 is 9.52 Å². The summed E-state index contributed by atoms with van der Waals surface area (Å²) in [6.45, 7) is 2.11. The molecule has 0 saturated heterocycles. The fraction of sp³-hybridized carbons (Fsp3) is 0.231. The van der Waals surface area contributed by atoms with Gasteiger partial charge in [-0.1, -0.05) is 37.3 Å². The fourth-order valence-corrected chi connectivity index (χ4v) is 1.77. The number of rotatable bonds is 3. The van der Waals surface area contributed by atoms with Crippen molar-refractivity contribution in [1.82, 2.24) is 0 Å². The van der Waals surface area contributed by atoms with Crippen LogP contribution in [0.25, 0.3) is 11.3 Å². The van der Waals surface area contributed by atoms with E-state index in [1.807, 2.05) is 30.3 Å². The average Bonchev–Trinajstić information content (AvgIpc) is 2.72. The Bertz CT molecular complexity index is 429. The van der Waals surface area contributed by atoms with Gasteiger partial charge in [0, 0.05) is 16.7 Å². The molecule has 2 heteroatoms. The second kappa shape index (κ2) is 4.32. The molecule has 0 aliphatic carbocycles. The van der Waals surface area contributed by atoms with Gasteiger partial charge in [-0.2, -0.15) is 0 Å². The molecule has 78 valence electrons. The van der Waals surface area contributed by atoms with Crippen LogP contribution in [0.4, 0.5) is 0 Å². The van der Waals surface area contributed by atoms with E-state index in [4.69, 9.17) is 9.52 Å². The Morgan fingerprint density at radius 3 is 2.53 bits per heavy atom. The van der Waals surface area contributed by atoms with Crippen LogP contribution in [0.1, 0.15) is 18.1 Å². The third kappa shape index (κ3) is 1.81. The van der Waals surface area contributed by atoms with Gasteiger partial charge in [0.25, 0.3) is 0 Å². The zero-order chi connectivity index (χ0) is 10.7. The molecule has 15 heavy (non-hydrogen) atoms. The van der Waals surface area contributed by atoms with Crippen LogP contribution in [-0.2, 0) is 13.0 Å². The first-order valence-corrected chi connectivity index (χ1v) is 5.12. The second-order valence-electron chi connectivity index (χ2n) is 3.45. The van der Waals surface area contributed by atoms with Crippen molar-refractivity contribution in [2.45, 2.75) is 20.0 Å². The van der Waals surface area contributed by atoms with Crippen LogP contribution in [0, 0.1) is 0 Å². The van der Waals surface area contributed by atoms with Crippen molar-refractivity contribution in [3.63, 3.8) is 0 Å². The standard InChI is InChI=1S/C13H14O2/c1-2-12-11(8-14)9-15-13(12)10-6-4-3-5-7-10/h3-7,9,14H,2,8H2,1H3. The van der Waals surface area contributed by atoms with Gasteiger partial charge in [0.2, 0.25) is 0 Å². The van der Waals surface area contributed by atoms with Crippen molar-refractivity contribution in [3.8, 4) is 11.3 Å². The maximum atomic E-state index is 9.15. The Morgan fingerprint density at radius 1 is 1.20 bits per heavy atom. The van der Waals surface area contributed by atoms with Gasteiger partial charge in [-0.3, -0.25) is 0 Å². The SMILES string of the molecule is CCc1c(CO)coc1-c1ccccc1. The Balaban J connectivity index is 2.49. The molecule has 2 rings (SSSR count). The highest BCUT2D eigenvalue weighted by atomic mass is 16.3. The maximum absolute atomic E-state index is 9.15. The van der Waals surface area contributed by atoms with Gasteiger partial charge in [-0.15, -0.1) is 0 Å². The predicted octanol–water partition coefficient (Wildman–Crippen LogP) is 3.00. The van der Waals surface area contributed by atoms with Crippen LogP contribution < -0.4 is 0 Å². The van der Waals surface area contributed by atoms with Crippen LogP contribution in [0.5, 0.6) is 0 Å². The van der Waals surface area contributed by atoms with E-state index in [0.29, 0.717) is 0 Å². The molecule has 2 aromatic rings. The first kappa shape index (κ1) is 9.99. The number of benzene rings is 1. The summed E-state index contributed by atoms with van der Waals surface area (Å²) in [5, 5.41) is 9.15. The molecule has 0 aliphatic rings. The molecule has 1 aromatic carbocycles. The second-order valence-corrected chi connectivity index (χ2v) is 3.45. The largest absolute Gasteiger partial charge is 0.464 e. The summed E-state index contributed by atoms with van der Waals surface area (Å²) < 4.78 is 5.50. The van der Waals surface area contributed by atoms with E-state index in [1.165, 1.54) is 0 Å². The lowest BCUT2D eigenvalue weighted by molar-refractivity contribution is 0.279.